The normalized spacial score (nSPS) is 15.1. The molecule has 8 heteroatoms. The molecule has 0 atom stereocenters. The fraction of sp³-hybridized carbons (Fsp3) is 0.435. The number of anilines is 1. The van der Waals surface area contributed by atoms with E-state index >= 15 is 0 Å². The number of hydrogen-bond acceptors (Lipinski definition) is 4. The lowest BCUT2D eigenvalue weighted by molar-refractivity contribution is 0.331. The summed E-state index contributed by atoms with van der Waals surface area (Å²) in [6.07, 6.45) is 3.77. The molecular weight excluding hydrogens is 410 g/mol. The van der Waals surface area contributed by atoms with E-state index < -0.39 is 10.0 Å². The molecule has 2 aromatic rings. The first-order valence-corrected chi connectivity index (χ1v) is 12.7. The van der Waals surface area contributed by atoms with Crippen molar-refractivity contribution in [3.05, 3.63) is 65.2 Å². The second kappa shape index (κ2) is 11.2. The summed E-state index contributed by atoms with van der Waals surface area (Å²) in [5.74, 6) is 0.692. The van der Waals surface area contributed by atoms with Crippen molar-refractivity contribution in [3.63, 3.8) is 0 Å². The fourth-order valence-corrected chi connectivity index (χ4v) is 4.21. The first-order chi connectivity index (χ1) is 14.9. The van der Waals surface area contributed by atoms with Crippen LogP contribution in [0.25, 0.3) is 0 Å². The van der Waals surface area contributed by atoms with Crippen molar-refractivity contribution in [1.82, 2.24) is 15.5 Å². The molecule has 2 aromatic carbocycles. The van der Waals surface area contributed by atoms with Gasteiger partial charge in [-0.3, -0.25) is 9.62 Å². The number of nitrogens with one attached hydrogen (secondary N) is 3. The van der Waals surface area contributed by atoms with Gasteiger partial charge in [0, 0.05) is 19.6 Å². The highest BCUT2D eigenvalue weighted by atomic mass is 32.2. The van der Waals surface area contributed by atoms with Crippen molar-refractivity contribution in [2.75, 3.05) is 30.6 Å². The average Bonchev–Trinajstić information content (AvgIpc) is 3.24. The Morgan fingerprint density at radius 1 is 1.00 bits per heavy atom. The van der Waals surface area contributed by atoms with Crippen LogP contribution in [0.1, 0.15) is 36.5 Å². The number of sulfonamides is 1. The fourth-order valence-electron chi connectivity index (χ4n) is 3.61. The van der Waals surface area contributed by atoms with Crippen molar-refractivity contribution >= 4 is 21.7 Å². The third-order valence-corrected chi connectivity index (χ3v) is 5.74. The minimum Gasteiger partial charge on any atom is -0.357 e. The van der Waals surface area contributed by atoms with Crippen molar-refractivity contribution < 1.29 is 8.42 Å². The van der Waals surface area contributed by atoms with Crippen LogP contribution in [0.3, 0.4) is 0 Å². The van der Waals surface area contributed by atoms with Crippen LogP contribution in [0.15, 0.2) is 53.5 Å². The maximum absolute atomic E-state index is 11.6. The summed E-state index contributed by atoms with van der Waals surface area (Å²) >= 11 is 0. The van der Waals surface area contributed by atoms with Gasteiger partial charge in [0.05, 0.1) is 18.5 Å². The van der Waals surface area contributed by atoms with E-state index in [1.54, 1.807) is 6.07 Å². The molecular formula is C23H33N5O2S. The van der Waals surface area contributed by atoms with Gasteiger partial charge in [-0.15, -0.1) is 0 Å². The van der Waals surface area contributed by atoms with E-state index in [4.69, 9.17) is 0 Å². The molecule has 1 fully saturated rings. The molecule has 1 saturated heterocycles. The summed E-state index contributed by atoms with van der Waals surface area (Å²) in [6.45, 7) is 7.21. The Kier molecular flexibility index (Phi) is 8.31. The van der Waals surface area contributed by atoms with Gasteiger partial charge in [-0.2, -0.15) is 0 Å². The first-order valence-electron chi connectivity index (χ1n) is 10.8. The minimum absolute atomic E-state index is 0.458. The Bertz CT molecular complexity index is 968. The van der Waals surface area contributed by atoms with Gasteiger partial charge < -0.3 is 10.6 Å². The van der Waals surface area contributed by atoms with Crippen LogP contribution in [0.5, 0.6) is 0 Å². The number of aliphatic imine (C=N–C) groups is 1. The molecule has 0 amide bonds. The van der Waals surface area contributed by atoms with Gasteiger partial charge in [-0.05, 0) is 55.6 Å². The predicted octanol–water partition coefficient (Wildman–Crippen LogP) is 2.91. The molecule has 3 rings (SSSR count). The zero-order valence-electron chi connectivity index (χ0n) is 18.4. The molecule has 168 valence electrons. The molecule has 0 bridgehead atoms. The third-order valence-electron chi connectivity index (χ3n) is 5.15. The monoisotopic (exact) mass is 443 g/mol. The largest absolute Gasteiger partial charge is 0.357 e. The Morgan fingerprint density at radius 3 is 2.35 bits per heavy atom. The summed E-state index contributed by atoms with van der Waals surface area (Å²) in [7, 11) is -3.33. The smallest absolute Gasteiger partial charge is 0.229 e. The highest BCUT2D eigenvalue weighted by Crippen LogP contribution is 2.16. The molecule has 7 nitrogen and oxygen atoms in total. The Labute approximate surface area is 186 Å². The number of guanidine groups is 1. The van der Waals surface area contributed by atoms with Crippen molar-refractivity contribution in [2.24, 2.45) is 4.99 Å². The topological polar surface area (TPSA) is 85.8 Å². The van der Waals surface area contributed by atoms with Gasteiger partial charge in [-0.1, -0.05) is 42.5 Å². The summed E-state index contributed by atoms with van der Waals surface area (Å²) in [4.78, 5) is 7.18. The lowest BCUT2D eigenvalue weighted by Gasteiger charge is -2.15. The molecule has 0 aromatic heterocycles. The number of benzene rings is 2. The van der Waals surface area contributed by atoms with Gasteiger partial charge in [0.15, 0.2) is 5.96 Å². The summed E-state index contributed by atoms with van der Waals surface area (Å²) in [6, 6.07) is 16.0. The van der Waals surface area contributed by atoms with E-state index in [0.29, 0.717) is 24.7 Å². The van der Waals surface area contributed by atoms with Crippen LogP contribution in [0.2, 0.25) is 0 Å². The zero-order valence-corrected chi connectivity index (χ0v) is 19.2. The number of likely N-dealkylation sites (tertiary alicyclic amines) is 1. The highest BCUT2D eigenvalue weighted by molar-refractivity contribution is 7.92. The molecule has 0 unspecified atom stereocenters. The number of rotatable bonds is 9. The highest BCUT2D eigenvalue weighted by Gasteiger charge is 2.11. The Hall–Kier alpha value is -2.58. The molecule has 1 heterocycles. The van der Waals surface area contributed by atoms with Crippen molar-refractivity contribution in [3.8, 4) is 0 Å². The van der Waals surface area contributed by atoms with Crippen molar-refractivity contribution in [2.45, 2.75) is 39.4 Å². The van der Waals surface area contributed by atoms with Crippen molar-refractivity contribution in [1.29, 1.82) is 0 Å². The van der Waals surface area contributed by atoms with Gasteiger partial charge >= 0.3 is 0 Å². The minimum atomic E-state index is -3.33. The van der Waals surface area contributed by atoms with Crippen LogP contribution >= 0.6 is 0 Å². The predicted molar refractivity (Wildman–Crippen MR) is 128 cm³/mol. The molecule has 31 heavy (non-hydrogen) atoms. The van der Waals surface area contributed by atoms with Crippen LogP contribution in [0.4, 0.5) is 5.69 Å². The van der Waals surface area contributed by atoms with Crippen LogP contribution in [-0.4, -0.2) is 45.2 Å². The van der Waals surface area contributed by atoms with Gasteiger partial charge in [0.2, 0.25) is 10.0 Å². The quantitative estimate of drug-likeness (QED) is 0.410. The molecule has 0 radical (unpaired) electrons. The van der Waals surface area contributed by atoms with E-state index in [2.05, 4.69) is 49.5 Å². The molecule has 0 saturated carbocycles. The van der Waals surface area contributed by atoms with Crippen LogP contribution in [-0.2, 0) is 29.7 Å². The van der Waals surface area contributed by atoms with E-state index in [1.807, 2.05) is 25.1 Å². The van der Waals surface area contributed by atoms with Crippen LogP contribution in [0, 0.1) is 0 Å². The maximum Gasteiger partial charge on any atom is 0.229 e. The lowest BCUT2D eigenvalue weighted by Crippen LogP contribution is -2.37. The lowest BCUT2D eigenvalue weighted by atomic mass is 10.1. The van der Waals surface area contributed by atoms with E-state index in [-0.39, 0.29) is 0 Å². The molecule has 0 spiro atoms. The van der Waals surface area contributed by atoms with Crippen LogP contribution < -0.4 is 15.4 Å². The molecule has 0 aliphatic carbocycles. The Morgan fingerprint density at radius 2 is 1.68 bits per heavy atom. The van der Waals surface area contributed by atoms with Gasteiger partial charge in [0.25, 0.3) is 0 Å². The molecule has 1 aliphatic heterocycles. The SMILES string of the molecule is CCNC(=NCc1ccc(CN2CCCC2)cc1)NCc1ccccc1NS(C)(=O)=O. The average molecular weight is 444 g/mol. The van der Waals surface area contributed by atoms with E-state index in [0.717, 1.165) is 30.5 Å². The third kappa shape index (κ3) is 7.88. The summed E-state index contributed by atoms with van der Waals surface area (Å²) < 4.78 is 25.8. The summed E-state index contributed by atoms with van der Waals surface area (Å²) in [5.41, 5.74) is 3.92. The first kappa shape index (κ1) is 23.1. The van der Waals surface area contributed by atoms with E-state index in [1.165, 1.54) is 31.5 Å². The molecule has 1 aliphatic rings. The maximum atomic E-state index is 11.6. The summed E-state index contributed by atoms with van der Waals surface area (Å²) in [5, 5.41) is 6.53. The zero-order chi connectivity index (χ0) is 22.1. The standard InChI is InChI=1S/C23H33N5O2S/c1-3-24-23(26-17-21-8-4-5-9-22(21)27-31(2,29)30)25-16-19-10-12-20(13-11-19)18-28-14-6-7-15-28/h4-5,8-13,27H,3,6-7,14-18H2,1-2H3,(H2,24,25,26). The number of para-hydroxylation sites is 1. The number of nitrogens with zero attached hydrogens (tertiary/aromatic N) is 2. The Balaban J connectivity index is 1.59. The van der Waals surface area contributed by atoms with Gasteiger partial charge in [0.1, 0.15) is 0 Å². The second-order valence-corrected chi connectivity index (χ2v) is 9.63. The molecule has 3 N–H and O–H groups in total. The number of hydrogen-bond donors (Lipinski definition) is 3. The second-order valence-electron chi connectivity index (χ2n) is 7.88. The van der Waals surface area contributed by atoms with Gasteiger partial charge in [-0.25, -0.2) is 13.4 Å². The van der Waals surface area contributed by atoms with E-state index in [9.17, 15) is 8.42 Å².